The molecule has 0 aliphatic carbocycles. The molecule has 106 valence electrons. The normalized spacial score (nSPS) is 12.1. The van der Waals surface area contributed by atoms with E-state index < -0.39 is 0 Å². The summed E-state index contributed by atoms with van der Waals surface area (Å²) < 4.78 is 10.3. The Morgan fingerprint density at radius 3 is 2.47 bits per heavy atom. The molecule has 1 unspecified atom stereocenters. The summed E-state index contributed by atoms with van der Waals surface area (Å²) in [6, 6.07) is 5.25. The monoisotopic (exact) mass is 266 g/mol. The zero-order chi connectivity index (χ0) is 14.4. The quantitative estimate of drug-likeness (QED) is 0.824. The molecule has 0 saturated heterocycles. The molecule has 0 heterocycles. The van der Waals surface area contributed by atoms with Gasteiger partial charge in [-0.2, -0.15) is 0 Å². The average Bonchev–Trinajstić information content (AvgIpc) is 2.39. The van der Waals surface area contributed by atoms with Crippen LogP contribution in [0, 0.1) is 11.8 Å². The van der Waals surface area contributed by atoms with Crippen molar-refractivity contribution in [2.24, 2.45) is 17.6 Å². The van der Waals surface area contributed by atoms with Gasteiger partial charge in [0.15, 0.2) is 0 Å². The highest BCUT2D eigenvalue weighted by Gasteiger charge is 2.21. The Bertz CT molecular complexity index is 433. The highest BCUT2D eigenvalue weighted by molar-refractivity contribution is 5.94. The zero-order valence-electron chi connectivity index (χ0n) is 11.9. The smallest absolute Gasteiger partial charge is 0.229 e. The molecule has 0 radical (unpaired) electrons. The van der Waals surface area contributed by atoms with Crippen LogP contribution in [0.15, 0.2) is 18.2 Å². The summed E-state index contributed by atoms with van der Waals surface area (Å²) in [6.07, 6.45) is 0. The highest BCUT2D eigenvalue weighted by atomic mass is 16.5. The van der Waals surface area contributed by atoms with Crippen molar-refractivity contribution in [3.63, 3.8) is 0 Å². The summed E-state index contributed by atoms with van der Waals surface area (Å²) in [6.45, 7) is 4.27. The highest BCUT2D eigenvalue weighted by Crippen LogP contribution is 2.29. The van der Waals surface area contributed by atoms with Crippen molar-refractivity contribution in [3.05, 3.63) is 18.2 Å². The Balaban J connectivity index is 2.89. The topological polar surface area (TPSA) is 73.6 Å². The molecule has 0 aliphatic rings. The van der Waals surface area contributed by atoms with Gasteiger partial charge in [-0.15, -0.1) is 0 Å². The fraction of sp³-hybridized carbons (Fsp3) is 0.500. The van der Waals surface area contributed by atoms with Gasteiger partial charge in [0.1, 0.15) is 11.5 Å². The third kappa shape index (κ3) is 3.86. The van der Waals surface area contributed by atoms with Gasteiger partial charge in [0.05, 0.1) is 25.8 Å². The number of methoxy groups -OCH3 is 2. The predicted octanol–water partition coefficient (Wildman–Crippen LogP) is 1.87. The van der Waals surface area contributed by atoms with Crippen molar-refractivity contribution < 1.29 is 14.3 Å². The molecule has 0 saturated carbocycles. The number of carbonyl (C=O) groups excluding carboxylic acids is 1. The molecule has 19 heavy (non-hydrogen) atoms. The number of ether oxygens (including phenoxy) is 2. The van der Waals surface area contributed by atoms with Gasteiger partial charge in [-0.05, 0) is 18.1 Å². The van der Waals surface area contributed by atoms with E-state index in [1.807, 2.05) is 13.8 Å². The molecule has 0 fully saturated rings. The predicted molar refractivity (Wildman–Crippen MR) is 75.6 cm³/mol. The Morgan fingerprint density at radius 2 is 2.00 bits per heavy atom. The van der Waals surface area contributed by atoms with Gasteiger partial charge >= 0.3 is 0 Å². The van der Waals surface area contributed by atoms with Crippen molar-refractivity contribution in [1.82, 2.24) is 0 Å². The third-order valence-electron chi connectivity index (χ3n) is 3.06. The van der Waals surface area contributed by atoms with Gasteiger partial charge in [-0.1, -0.05) is 13.8 Å². The maximum absolute atomic E-state index is 12.1. The molecule has 0 aliphatic heterocycles. The second kappa shape index (κ2) is 6.99. The van der Waals surface area contributed by atoms with E-state index in [1.54, 1.807) is 32.4 Å². The lowest BCUT2D eigenvalue weighted by molar-refractivity contribution is -0.120. The summed E-state index contributed by atoms with van der Waals surface area (Å²) in [5, 5.41) is 2.85. The van der Waals surface area contributed by atoms with Crippen LogP contribution >= 0.6 is 0 Å². The molecule has 1 aromatic rings. The summed E-state index contributed by atoms with van der Waals surface area (Å²) in [5.74, 6) is 1.11. The minimum Gasteiger partial charge on any atom is -0.497 e. The van der Waals surface area contributed by atoms with Crippen molar-refractivity contribution in [3.8, 4) is 11.5 Å². The summed E-state index contributed by atoms with van der Waals surface area (Å²) >= 11 is 0. The fourth-order valence-electron chi connectivity index (χ4n) is 1.81. The van der Waals surface area contributed by atoms with Gasteiger partial charge in [0.2, 0.25) is 5.91 Å². The number of rotatable bonds is 6. The number of benzene rings is 1. The lowest BCUT2D eigenvalue weighted by atomic mass is 9.95. The van der Waals surface area contributed by atoms with E-state index in [9.17, 15) is 4.79 Å². The zero-order valence-corrected chi connectivity index (χ0v) is 11.9. The standard InChI is InChI=1S/C14H22N2O3/c1-9(2)11(8-15)14(17)16-12-6-5-10(18-3)7-13(12)19-4/h5-7,9,11H,8,15H2,1-4H3,(H,16,17). The van der Waals surface area contributed by atoms with Crippen LogP contribution in [0.4, 0.5) is 5.69 Å². The van der Waals surface area contributed by atoms with Crippen LogP contribution in [-0.4, -0.2) is 26.7 Å². The Hall–Kier alpha value is -1.75. The van der Waals surface area contributed by atoms with Gasteiger partial charge in [-0.3, -0.25) is 4.79 Å². The molecule has 5 nitrogen and oxygen atoms in total. The molecule has 1 atom stereocenters. The van der Waals surface area contributed by atoms with Gasteiger partial charge < -0.3 is 20.5 Å². The largest absolute Gasteiger partial charge is 0.497 e. The van der Waals surface area contributed by atoms with Crippen LogP contribution in [-0.2, 0) is 4.79 Å². The lowest BCUT2D eigenvalue weighted by Crippen LogP contribution is -2.33. The SMILES string of the molecule is COc1ccc(NC(=O)C(CN)C(C)C)c(OC)c1. The van der Waals surface area contributed by atoms with E-state index in [2.05, 4.69) is 5.32 Å². The minimum absolute atomic E-state index is 0.0963. The number of nitrogens with two attached hydrogens (primary N) is 1. The van der Waals surface area contributed by atoms with E-state index in [0.717, 1.165) is 0 Å². The van der Waals surface area contributed by atoms with E-state index in [4.69, 9.17) is 15.2 Å². The summed E-state index contributed by atoms with van der Waals surface area (Å²) in [4.78, 5) is 12.1. The summed E-state index contributed by atoms with van der Waals surface area (Å²) in [7, 11) is 3.13. The number of anilines is 1. The number of hydrogen-bond donors (Lipinski definition) is 2. The van der Waals surface area contributed by atoms with E-state index in [-0.39, 0.29) is 17.7 Å². The molecule has 1 aromatic carbocycles. The molecule has 3 N–H and O–H groups in total. The Kier molecular flexibility index (Phi) is 5.63. The molecular formula is C14H22N2O3. The van der Waals surface area contributed by atoms with Crippen molar-refractivity contribution in [2.75, 3.05) is 26.1 Å². The van der Waals surface area contributed by atoms with Gasteiger partial charge in [0.25, 0.3) is 0 Å². The number of hydrogen-bond acceptors (Lipinski definition) is 4. The third-order valence-corrected chi connectivity index (χ3v) is 3.06. The summed E-state index contributed by atoms with van der Waals surface area (Å²) in [5.41, 5.74) is 6.25. The van der Waals surface area contributed by atoms with E-state index >= 15 is 0 Å². The minimum atomic E-state index is -0.216. The van der Waals surface area contributed by atoms with Crippen LogP contribution in [0.1, 0.15) is 13.8 Å². The number of amides is 1. The van der Waals surface area contributed by atoms with Gasteiger partial charge in [0, 0.05) is 12.6 Å². The maximum Gasteiger partial charge on any atom is 0.229 e. The first-order valence-electron chi connectivity index (χ1n) is 6.26. The first kappa shape index (κ1) is 15.3. The van der Waals surface area contributed by atoms with Gasteiger partial charge in [-0.25, -0.2) is 0 Å². The second-order valence-electron chi connectivity index (χ2n) is 4.64. The lowest BCUT2D eigenvalue weighted by Gasteiger charge is -2.19. The first-order chi connectivity index (χ1) is 9.03. The van der Waals surface area contributed by atoms with E-state index in [1.165, 1.54) is 0 Å². The average molecular weight is 266 g/mol. The van der Waals surface area contributed by atoms with Crippen LogP contribution in [0.3, 0.4) is 0 Å². The Labute approximate surface area is 114 Å². The Morgan fingerprint density at radius 1 is 1.32 bits per heavy atom. The van der Waals surface area contributed by atoms with Crippen molar-refractivity contribution in [2.45, 2.75) is 13.8 Å². The van der Waals surface area contributed by atoms with Crippen LogP contribution in [0.2, 0.25) is 0 Å². The van der Waals surface area contributed by atoms with Crippen molar-refractivity contribution in [1.29, 1.82) is 0 Å². The number of carbonyl (C=O) groups is 1. The molecule has 0 aromatic heterocycles. The van der Waals surface area contributed by atoms with Crippen LogP contribution < -0.4 is 20.5 Å². The molecule has 5 heteroatoms. The maximum atomic E-state index is 12.1. The van der Waals surface area contributed by atoms with E-state index in [0.29, 0.717) is 23.7 Å². The van der Waals surface area contributed by atoms with Crippen molar-refractivity contribution >= 4 is 11.6 Å². The molecule has 1 amide bonds. The van der Waals surface area contributed by atoms with Crippen LogP contribution in [0.5, 0.6) is 11.5 Å². The molecular weight excluding hydrogens is 244 g/mol. The number of nitrogens with one attached hydrogen (secondary N) is 1. The molecule has 0 spiro atoms. The second-order valence-corrected chi connectivity index (χ2v) is 4.64. The fourth-order valence-corrected chi connectivity index (χ4v) is 1.81. The molecule has 0 bridgehead atoms. The first-order valence-corrected chi connectivity index (χ1v) is 6.26. The molecule has 1 rings (SSSR count). The van der Waals surface area contributed by atoms with Crippen LogP contribution in [0.25, 0.3) is 0 Å².